The molecule has 0 bridgehead atoms. The minimum absolute atomic E-state index is 0.0311. The molecule has 0 atom stereocenters. The van der Waals surface area contributed by atoms with Gasteiger partial charge in [0.15, 0.2) is 0 Å². The monoisotopic (exact) mass is 295 g/mol. The Kier molecular flexibility index (Phi) is 6.10. The zero-order chi connectivity index (χ0) is 15.9. The van der Waals surface area contributed by atoms with Crippen LogP contribution in [0.25, 0.3) is 0 Å². The van der Waals surface area contributed by atoms with Crippen LogP contribution in [0, 0.1) is 10.1 Å². The molecule has 0 unspecified atom stereocenters. The van der Waals surface area contributed by atoms with Crippen LogP contribution < -0.4 is 10.6 Å². The van der Waals surface area contributed by atoms with E-state index in [9.17, 15) is 20.0 Å². The summed E-state index contributed by atoms with van der Waals surface area (Å²) in [5, 5.41) is 26.0. The molecule has 0 aliphatic rings. The maximum Gasteiger partial charge on any atom is 0.315 e. The van der Waals surface area contributed by atoms with Gasteiger partial charge in [-0.2, -0.15) is 0 Å². The minimum Gasteiger partial charge on any atom is -0.388 e. The number of rotatable bonds is 7. The third-order valence-electron chi connectivity index (χ3n) is 3.52. The molecule has 7 heteroatoms. The normalized spacial score (nSPS) is 11.0. The molecule has 0 aliphatic carbocycles. The van der Waals surface area contributed by atoms with Crippen molar-refractivity contribution in [2.45, 2.75) is 38.8 Å². The summed E-state index contributed by atoms with van der Waals surface area (Å²) >= 11 is 0. The van der Waals surface area contributed by atoms with Gasteiger partial charge in [0.2, 0.25) is 0 Å². The number of nitro groups is 1. The van der Waals surface area contributed by atoms with E-state index in [1.54, 1.807) is 18.2 Å². The Morgan fingerprint density at radius 2 is 1.90 bits per heavy atom. The van der Waals surface area contributed by atoms with Crippen LogP contribution in [0.5, 0.6) is 0 Å². The molecule has 2 amide bonds. The third kappa shape index (κ3) is 5.03. The average molecular weight is 295 g/mol. The van der Waals surface area contributed by atoms with Crippen molar-refractivity contribution < 1.29 is 14.8 Å². The van der Waals surface area contributed by atoms with Gasteiger partial charge in [0.25, 0.3) is 5.69 Å². The molecule has 1 rings (SSSR count). The van der Waals surface area contributed by atoms with Gasteiger partial charge < -0.3 is 15.7 Å². The van der Waals surface area contributed by atoms with Crippen LogP contribution in [0.15, 0.2) is 24.3 Å². The molecule has 0 saturated carbocycles. The topological polar surface area (TPSA) is 104 Å². The van der Waals surface area contributed by atoms with E-state index in [2.05, 4.69) is 10.6 Å². The standard InChI is InChI=1S/C14H21N3O4/c1-3-14(19,4-2)10-16-13(18)15-9-11-7-5-6-8-12(11)17(20)21/h5-8,19H,3-4,9-10H2,1-2H3,(H2,15,16,18). The van der Waals surface area contributed by atoms with E-state index in [-0.39, 0.29) is 18.8 Å². The van der Waals surface area contributed by atoms with Gasteiger partial charge in [0, 0.05) is 18.2 Å². The van der Waals surface area contributed by atoms with E-state index >= 15 is 0 Å². The van der Waals surface area contributed by atoms with Gasteiger partial charge in [-0.15, -0.1) is 0 Å². The Labute approximate surface area is 123 Å². The summed E-state index contributed by atoms with van der Waals surface area (Å²) in [5.41, 5.74) is -0.522. The van der Waals surface area contributed by atoms with Gasteiger partial charge in [-0.05, 0) is 12.8 Å². The van der Waals surface area contributed by atoms with Crippen molar-refractivity contribution in [3.8, 4) is 0 Å². The van der Waals surface area contributed by atoms with E-state index in [0.717, 1.165) is 0 Å². The molecule has 116 valence electrons. The van der Waals surface area contributed by atoms with Gasteiger partial charge in [0.05, 0.1) is 17.1 Å². The number of hydrogen-bond acceptors (Lipinski definition) is 4. The van der Waals surface area contributed by atoms with Crippen molar-refractivity contribution in [1.82, 2.24) is 10.6 Å². The van der Waals surface area contributed by atoms with Crippen LogP contribution in [-0.4, -0.2) is 28.2 Å². The number of amides is 2. The van der Waals surface area contributed by atoms with Crippen LogP contribution in [-0.2, 0) is 6.54 Å². The van der Waals surface area contributed by atoms with Crippen LogP contribution in [0.2, 0.25) is 0 Å². The van der Waals surface area contributed by atoms with Crippen LogP contribution in [0.1, 0.15) is 32.3 Å². The second kappa shape index (κ2) is 7.58. The van der Waals surface area contributed by atoms with Crippen molar-refractivity contribution in [3.05, 3.63) is 39.9 Å². The summed E-state index contributed by atoms with van der Waals surface area (Å²) in [7, 11) is 0. The Bertz CT molecular complexity index is 501. The first-order valence-corrected chi connectivity index (χ1v) is 6.88. The van der Waals surface area contributed by atoms with Gasteiger partial charge in [-0.25, -0.2) is 4.79 Å². The predicted octanol–water partition coefficient (Wildman–Crippen LogP) is 1.95. The lowest BCUT2D eigenvalue weighted by atomic mass is 9.98. The number of carbonyl (C=O) groups excluding carboxylic acids is 1. The number of aliphatic hydroxyl groups is 1. The van der Waals surface area contributed by atoms with E-state index in [1.807, 2.05) is 13.8 Å². The van der Waals surface area contributed by atoms with E-state index in [4.69, 9.17) is 0 Å². The van der Waals surface area contributed by atoms with Crippen molar-refractivity contribution in [2.24, 2.45) is 0 Å². The summed E-state index contributed by atoms with van der Waals surface area (Å²) < 4.78 is 0. The molecule has 0 radical (unpaired) electrons. The number of benzene rings is 1. The van der Waals surface area contributed by atoms with Gasteiger partial charge >= 0.3 is 6.03 Å². The first kappa shape index (κ1) is 16.9. The van der Waals surface area contributed by atoms with Crippen molar-refractivity contribution >= 4 is 11.7 Å². The van der Waals surface area contributed by atoms with Gasteiger partial charge in [-0.3, -0.25) is 10.1 Å². The predicted molar refractivity (Wildman–Crippen MR) is 78.9 cm³/mol. The molecule has 3 N–H and O–H groups in total. The largest absolute Gasteiger partial charge is 0.388 e. The number of hydrogen-bond donors (Lipinski definition) is 3. The first-order valence-electron chi connectivity index (χ1n) is 6.88. The molecule has 1 aromatic rings. The molecule has 0 fully saturated rings. The average Bonchev–Trinajstić information content (AvgIpc) is 2.50. The summed E-state index contributed by atoms with van der Waals surface area (Å²) in [6.45, 7) is 3.88. The summed E-state index contributed by atoms with van der Waals surface area (Å²) in [6.07, 6.45) is 1.07. The number of nitro benzene ring substituents is 1. The minimum atomic E-state index is -0.921. The lowest BCUT2D eigenvalue weighted by molar-refractivity contribution is -0.385. The fourth-order valence-electron chi connectivity index (χ4n) is 1.82. The molecule has 0 spiro atoms. The van der Waals surface area contributed by atoms with Crippen molar-refractivity contribution in [2.75, 3.05) is 6.54 Å². The number of carbonyl (C=O) groups is 1. The molecular formula is C14H21N3O4. The molecule has 7 nitrogen and oxygen atoms in total. The van der Waals surface area contributed by atoms with Crippen LogP contribution in [0.4, 0.5) is 10.5 Å². The SMILES string of the molecule is CCC(O)(CC)CNC(=O)NCc1ccccc1[N+](=O)[O-]. The van der Waals surface area contributed by atoms with E-state index in [0.29, 0.717) is 18.4 Å². The highest BCUT2D eigenvalue weighted by Crippen LogP contribution is 2.17. The quantitative estimate of drug-likeness (QED) is 0.528. The summed E-state index contributed by atoms with van der Waals surface area (Å²) in [4.78, 5) is 22.0. The Hall–Kier alpha value is -2.15. The number of urea groups is 1. The van der Waals surface area contributed by atoms with Crippen LogP contribution >= 0.6 is 0 Å². The van der Waals surface area contributed by atoms with Gasteiger partial charge in [0.1, 0.15) is 0 Å². The molecule has 0 heterocycles. The highest BCUT2D eigenvalue weighted by Gasteiger charge is 2.22. The summed E-state index contributed by atoms with van der Waals surface area (Å²) in [6, 6.07) is 5.77. The molecule has 1 aromatic carbocycles. The summed E-state index contributed by atoms with van der Waals surface area (Å²) in [5.74, 6) is 0. The zero-order valence-corrected chi connectivity index (χ0v) is 12.3. The fraction of sp³-hybridized carbons (Fsp3) is 0.500. The van der Waals surface area contributed by atoms with E-state index < -0.39 is 16.6 Å². The molecule has 0 aromatic heterocycles. The second-order valence-corrected chi connectivity index (χ2v) is 4.85. The van der Waals surface area contributed by atoms with Crippen molar-refractivity contribution in [3.63, 3.8) is 0 Å². The second-order valence-electron chi connectivity index (χ2n) is 4.85. The van der Waals surface area contributed by atoms with E-state index in [1.165, 1.54) is 6.07 Å². The lowest BCUT2D eigenvalue weighted by Crippen LogP contribution is -2.45. The molecule has 0 saturated heterocycles. The molecule has 0 aliphatic heterocycles. The molecular weight excluding hydrogens is 274 g/mol. The van der Waals surface area contributed by atoms with Crippen molar-refractivity contribution in [1.29, 1.82) is 0 Å². The zero-order valence-electron chi connectivity index (χ0n) is 12.3. The fourth-order valence-corrected chi connectivity index (χ4v) is 1.82. The third-order valence-corrected chi connectivity index (χ3v) is 3.52. The smallest absolute Gasteiger partial charge is 0.315 e. The Morgan fingerprint density at radius 3 is 2.48 bits per heavy atom. The molecule has 21 heavy (non-hydrogen) atoms. The maximum absolute atomic E-state index is 11.7. The number of nitrogens with one attached hydrogen (secondary N) is 2. The maximum atomic E-state index is 11.7. The first-order chi connectivity index (χ1) is 9.91. The van der Waals surface area contributed by atoms with Gasteiger partial charge in [-0.1, -0.05) is 32.0 Å². The highest BCUT2D eigenvalue weighted by molar-refractivity contribution is 5.74. The Balaban J connectivity index is 2.53. The Morgan fingerprint density at radius 1 is 1.29 bits per heavy atom. The van der Waals surface area contributed by atoms with Crippen LogP contribution in [0.3, 0.4) is 0 Å². The lowest BCUT2D eigenvalue weighted by Gasteiger charge is -2.25. The number of nitrogens with zero attached hydrogens (tertiary/aromatic N) is 1. The highest BCUT2D eigenvalue weighted by atomic mass is 16.6. The number of para-hydroxylation sites is 1.